The van der Waals surface area contributed by atoms with E-state index in [1.54, 1.807) is 24.0 Å². The Bertz CT molecular complexity index is 498. The molecule has 0 amide bonds. The molecule has 1 saturated heterocycles. The largest absolute Gasteiger partial charge is 0.349 e. The molecule has 7 heteroatoms. The third-order valence-electron chi connectivity index (χ3n) is 3.30. The maximum Gasteiger partial charge on any atom is 0.242 e. The van der Waals surface area contributed by atoms with Crippen LogP contribution >= 0.6 is 11.8 Å². The molecule has 1 aromatic rings. The van der Waals surface area contributed by atoms with Crippen molar-refractivity contribution in [3.63, 3.8) is 0 Å². The van der Waals surface area contributed by atoms with Crippen LogP contribution in [0.3, 0.4) is 0 Å². The van der Waals surface area contributed by atoms with Crippen molar-refractivity contribution in [2.24, 2.45) is 5.73 Å². The van der Waals surface area contributed by atoms with Crippen molar-refractivity contribution in [1.82, 2.24) is 9.29 Å². The van der Waals surface area contributed by atoms with Gasteiger partial charge in [-0.25, -0.2) is 13.1 Å². The number of thioether (sulfide) groups is 1. The van der Waals surface area contributed by atoms with Gasteiger partial charge in [-0.05, 0) is 31.6 Å². The summed E-state index contributed by atoms with van der Waals surface area (Å²) in [5.74, 6) is 1.99. The maximum absolute atomic E-state index is 12.3. The number of rotatable bonds is 5. The van der Waals surface area contributed by atoms with Gasteiger partial charge in [0.25, 0.3) is 0 Å². The van der Waals surface area contributed by atoms with Crippen LogP contribution in [0.2, 0.25) is 0 Å². The summed E-state index contributed by atoms with van der Waals surface area (Å²) in [5, 5.41) is 0. The van der Waals surface area contributed by atoms with Crippen LogP contribution in [0.4, 0.5) is 0 Å². The second-order valence-corrected chi connectivity index (χ2v) is 7.56. The van der Waals surface area contributed by atoms with E-state index >= 15 is 0 Å². The van der Waals surface area contributed by atoms with Crippen LogP contribution in [0, 0.1) is 0 Å². The quantitative estimate of drug-likeness (QED) is 0.855. The molecule has 2 heterocycles. The summed E-state index contributed by atoms with van der Waals surface area (Å²) >= 11 is 1.80. The standard InChI is InChI=1S/C12H21N3O2S2/c1-2-15-8-12(6-11(15)7-13)19(16,17)14-10-4-3-5-18-9-10/h6,8,10,14H,2-5,7,9,13H2,1H3. The fourth-order valence-corrected chi connectivity index (χ4v) is 4.77. The molecule has 1 fully saturated rings. The van der Waals surface area contributed by atoms with Crippen molar-refractivity contribution in [2.45, 2.75) is 43.8 Å². The van der Waals surface area contributed by atoms with Crippen molar-refractivity contribution in [1.29, 1.82) is 0 Å². The number of hydrogen-bond donors (Lipinski definition) is 2. The third kappa shape index (κ3) is 3.53. The molecular weight excluding hydrogens is 282 g/mol. The molecule has 0 aromatic carbocycles. The monoisotopic (exact) mass is 303 g/mol. The van der Waals surface area contributed by atoms with Crippen molar-refractivity contribution >= 4 is 21.8 Å². The first-order valence-corrected chi connectivity index (χ1v) is 9.19. The van der Waals surface area contributed by atoms with Gasteiger partial charge >= 0.3 is 0 Å². The number of nitrogens with zero attached hydrogens (tertiary/aromatic N) is 1. The van der Waals surface area contributed by atoms with E-state index in [1.165, 1.54) is 0 Å². The lowest BCUT2D eigenvalue weighted by Gasteiger charge is -2.21. The maximum atomic E-state index is 12.3. The molecule has 1 aliphatic heterocycles. The zero-order valence-corrected chi connectivity index (χ0v) is 12.8. The Morgan fingerprint density at radius 1 is 1.58 bits per heavy atom. The van der Waals surface area contributed by atoms with Crippen LogP contribution in [0.1, 0.15) is 25.5 Å². The molecule has 1 aromatic heterocycles. The van der Waals surface area contributed by atoms with E-state index < -0.39 is 10.0 Å². The van der Waals surface area contributed by atoms with E-state index in [-0.39, 0.29) is 6.04 Å². The van der Waals surface area contributed by atoms with Gasteiger partial charge in [0.15, 0.2) is 0 Å². The first-order chi connectivity index (χ1) is 9.06. The summed E-state index contributed by atoms with van der Waals surface area (Å²) in [6, 6.07) is 1.72. The van der Waals surface area contributed by atoms with Gasteiger partial charge in [-0.15, -0.1) is 0 Å². The number of sulfonamides is 1. The lowest BCUT2D eigenvalue weighted by Crippen LogP contribution is -2.38. The molecule has 0 saturated carbocycles. The van der Waals surface area contributed by atoms with E-state index in [4.69, 9.17) is 5.73 Å². The summed E-state index contributed by atoms with van der Waals surface area (Å²) in [4.78, 5) is 0.324. The highest BCUT2D eigenvalue weighted by Gasteiger charge is 2.23. The lowest BCUT2D eigenvalue weighted by molar-refractivity contribution is 0.543. The van der Waals surface area contributed by atoms with E-state index in [0.29, 0.717) is 11.4 Å². The summed E-state index contributed by atoms with van der Waals surface area (Å²) in [5.41, 5.74) is 6.48. The lowest BCUT2D eigenvalue weighted by atomic mass is 10.2. The minimum Gasteiger partial charge on any atom is -0.349 e. The minimum atomic E-state index is -3.42. The Hall–Kier alpha value is -0.500. The molecule has 0 bridgehead atoms. The van der Waals surface area contributed by atoms with Crippen molar-refractivity contribution in [3.05, 3.63) is 18.0 Å². The highest BCUT2D eigenvalue weighted by Crippen LogP contribution is 2.20. The smallest absolute Gasteiger partial charge is 0.242 e. The SMILES string of the molecule is CCn1cc(S(=O)(=O)NC2CCCSC2)cc1CN. The molecule has 5 nitrogen and oxygen atoms in total. The Kier molecular flexibility index (Phi) is 4.94. The first-order valence-electron chi connectivity index (χ1n) is 6.56. The second kappa shape index (κ2) is 6.30. The van der Waals surface area contributed by atoms with E-state index in [0.717, 1.165) is 36.6 Å². The topological polar surface area (TPSA) is 77.1 Å². The molecule has 108 valence electrons. The van der Waals surface area contributed by atoms with Crippen LogP contribution in [0.5, 0.6) is 0 Å². The molecular formula is C12H21N3O2S2. The Morgan fingerprint density at radius 3 is 2.89 bits per heavy atom. The number of nitrogens with two attached hydrogens (primary N) is 1. The molecule has 1 aliphatic rings. The fourth-order valence-electron chi connectivity index (χ4n) is 2.26. The van der Waals surface area contributed by atoms with Crippen molar-refractivity contribution < 1.29 is 8.42 Å². The van der Waals surface area contributed by atoms with Gasteiger partial charge in [0.2, 0.25) is 10.0 Å². The van der Waals surface area contributed by atoms with Gasteiger partial charge in [-0.2, -0.15) is 11.8 Å². The van der Waals surface area contributed by atoms with E-state index in [1.807, 2.05) is 11.5 Å². The fraction of sp³-hybridized carbons (Fsp3) is 0.667. The van der Waals surface area contributed by atoms with E-state index in [2.05, 4.69) is 4.72 Å². The van der Waals surface area contributed by atoms with Gasteiger partial charge in [0.05, 0.1) is 4.90 Å². The second-order valence-electron chi connectivity index (χ2n) is 4.69. The summed E-state index contributed by atoms with van der Waals surface area (Å²) < 4.78 is 29.3. The summed E-state index contributed by atoms with van der Waals surface area (Å²) in [6.45, 7) is 3.05. The molecule has 2 rings (SSSR count). The average Bonchev–Trinajstić information content (AvgIpc) is 2.83. The van der Waals surface area contributed by atoms with Gasteiger partial charge < -0.3 is 10.3 Å². The zero-order chi connectivity index (χ0) is 13.9. The molecule has 1 unspecified atom stereocenters. The summed E-state index contributed by atoms with van der Waals surface area (Å²) in [6.07, 6.45) is 3.66. The molecule has 1 atom stereocenters. The van der Waals surface area contributed by atoms with Crippen LogP contribution in [0.25, 0.3) is 0 Å². The normalized spacial score (nSPS) is 20.6. The predicted octanol–water partition coefficient (Wildman–Crippen LogP) is 1.14. The number of aromatic nitrogens is 1. The van der Waals surface area contributed by atoms with Gasteiger partial charge in [0, 0.05) is 36.8 Å². The Balaban J connectivity index is 2.16. The van der Waals surface area contributed by atoms with Gasteiger partial charge in [-0.1, -0.05) is 0 Å². The molecule has 0 aliphatic carbocycles. The highest BCUT2D eigenvalue weighted by atomic mass is 32.2. The van der Waals surface area contributed by atoms with E-state index in [9.17, 15) is 8.42 Å². The van der Waals surface area contributed by atoms with Crippen LogP contribution < -0.4 is 10.5 Å². The number of nitrogens with one attached hydrogen (secondary N) is 1. The first kappa shape index (κ1) is 14.9. The van der Waals surface area contributed by atoms with Crippen LogP contribution in [0.15, 0.2) is 17.2 Å². The Morgan fingerprint density at radius 2 is 2.37 bits per heavy atom. The third-order valence-corrected chi connectivity index (χ3v) is 6.01. The number of hydrogen-bond acceptors (Lipinski definition) is 4. The molecule has 0 spiro atoms. The average molecular weight is 303 g/mol. The summed E-state index contributed by atoms with van der Waals surface area (Å²) in [7, 11) is -3.42. The van der Waals surface area contributed by atoms with Crippen molar-refractivity contribution in [3.8, 4) is 0 Å². The van der Waals surface area contributed by atoms with Crippen LogP contribution in [-0.4, -0.2) is 30.5 Å². The van der Waals surface area contributed by atoms with Crippen molar-refractivity contribution in [2.75, 3.05) is 11.5 Å². The van der Waals surface area contributed by atoms with Crippen LogP contribution in [-0.2, 0) is 23.1 Å². The van der Waals surface area contributed by atoms with Gasteiger partial charge in [-0.3, -0.25) is 0 Å². The number of aryl methyl sites for hydroxylation is 1. The highest BCUT2D eigenvalue weighted by molar-refractivity contribution is 7.99. The molecule has 19 heavy (non-hydrogen) atoms. The Labute approximate surface area is 119 Å². The molecule has 0 radical (unpaired) electrons. The zero-order valence-electron chi connectivity index (χ0n) is 11.1. The minimum absolute atomic E-state index is 0.0510. The predicted molar refractivity (Wildman–Crippen MR) is 78.7 cm³/mol. The van der Waals surface area contributed by atoms with Gasteiger partial charge in [0.1, 0.15) is 0 Å². The molecule has 3 N–H and O–H groups in total.